The molecule has 0 saturated carbocycles. The lowest BCUT2D eigenvalue weighted by molar-refractivity contribution is -0.117. The predicted molar refractivity (Wildman–Crippen MR) is 111 cm³/mol. The number of hydrogen-bond donors (Lipinski definition) is 2. The molecule has 10 heteroatoms. The molecule has 2 N–H and O–H groups in total. The van der Waals surface area contributed by atoms with E-state index in [1.165, 1.54) is 24.3 Å². The Bertz CT molecular complexity index is 1270. The molecule has 164 valence electrons. The smallest absolute Gasteiger partial charge is 0.261 e. The largest absolute Gasteiger partial charge is 0.496 e. The molecule has 0 bridgehead atoms. The highest BCUT2D eigenvalue weighted by atomic mass is 32.2. The molecule has 0 radical (unpaired) electrons. The van der Waals surface area contributed by atoms with E-state index in [-0.39, 0.29) is 40.9 Å². The summed E-state index contributed by atoms with van der Waals surface area (Å²) in [5.41, 5.74) is -0.824. The van der Waals surface area contributed by atoms with Gasteiger partial charge in [0.05, 0.1) is 17.4 Å². The second kappa shape index (κ2) is 8.84. The lowest BCUT2D eigenvalue weighted by Gasteiger charge is -2.13. The van der Waals surface area contributed by atoms with E-state index in [1.807, 2.05) is 0 Å². The normalized spacial score (nSPS) is 15.6. The van der Waals surface area contributed by atoms with Crippen molar-refractivity contribution in [2.24, 2.45) is 0 Å². The van der Waals surface area contributed by atoms with Gasteiger partial charge in [-0.3, -0.25) is 9.59 Å². The zero-order valence-electron chi connectivity index (χ0n) is 19.3. The summed E-state index contributed by atoms with van der Waals surface area (Å²) in [5.74, 6) is -4.31. The summed E-state index contributed by atoms with van der Waals surface area (Å²) in [7, 11) is -6.64. The van der Waals surface area contributed by atoms with Crippen molar-refractivity contribution in [2.45, 2.75) is 19.3 Å². The first-order chi connectivity index (χ1) is 15.7. The molecule has 0 spiro atoms. The fraction of sp³-hybridized carbons (Fsp3) is 0.238. The average molecular weight is 453 g/mol. The van der Waals surface area contributed by atoms with E-state index in [2.05, 4.69) is 5.32 Å². The van der Waals surface area contributed by atoms with Gasteiger partial charge in [0.25, 0.3) is 11.8 Å². The minimum atomic E-state index is -3.86. The third kappa shape index (κ3) is 5.08. The maximum Gasteiger partial charge on any atom is 0.261 e. The van der Waals surface area contributed by atoms with E-state index in [0.29, 0.717) is 6.42 Å². The van der Waals surface area contributed by atoms with Crippen molar-refractivity contribution < 1.29 is 35.6 Å². The number of carbonyl (C=O) groups is 2. The van der Waals surface area contributed by atoms with Crippen LogP contribution in [0.25, 0.3) is 11.1 Å². The van der Waals surface area contributed by atoms with Gasteiger partial charge in [0.15, 0.2) is 0 Å². The zero-order chi connectivity index (χ0) is 25.3. The average Bonchev–Trinajstić information content (AvgIpc) is 3.18. The van der Waals surface area contributed by atoms with Gasteiger partial charge in [-0.2, -0.15) is 0 Å². The Morgan fingerprint density at radius 3 is 2.29 bits per heavy atom. The number of benzene rings is 2. The van der Waals surface area contributed by atoms with Gasteiger partial charge in [-0.05, 0) is 43.0 Å². The second-order valence-corrected chi connectivity index (χ2v) is 8.63. The third-order valence-electron chi connectivity index (χ3n) is 4.63. The van der Waals surface area contributed by atoms with Crippen LogP contribution in [-0.2, 0) is 19.6 Å². The third-order valence-corrected chi connectivity index (χ3v) is 5.19. The van der Waals surface area contributed by atoms with Crippen molar-refractivity contribution in [1.29, 1.82) is 0 Å². The number of anilines is 1. The van der Waals surface area contributed by atoms with Crippen LogP contribution in [0.5, 0.6) is 5.75 Å². The molecule has 7 nitrogen and oxygen atoms in total. The Balaban J connectivity index is 1.90. The van der Waals surface area contributed by atoms with Gasteiger partial charge >= 0.3 is 0 Å². The van der Waals surface area contributed by atoms with E-state index < -0.39 is 46.2 Å². The van der Waals surface area contributed by atoms with Crippen LogP contribution in [0.2, 0.25) is 0 Å². The van der Waals surface area contributed by atoms with Gasteiger partial charge in [-0.15, -0.1) is 0 Å². The predicted octanol–water partition coefficient (Wildman–Crippen LogP) is 3.14. The maximum atomic E-state index is 14.8. The topological polar surface area (TPSA) is 102 Å². The van der Waals surface area contributed by atoms with E-state index in [0.717, 1.165) is 18.4 Å². The number of rotatable bonds is 6. The summed E-state index contributed by atoms with van der Waals surface area (Å²) in [6.45, 7) is 0. The van der Waals surface area contributed by atoms with Crippen LogP contribution in [0.3, 0.4) is 0 Å². The van der Waals surface area contributed by atoms with Crippen LogP contribution in [0.4, 0.5) is 14.5 Å². The summed E-state index contributed by atoms with van der Waals surface area (Å²) in [6.07, 6.45) is 1.43. The van der Waals surface area contributed by atoms with Gasteiger partial charge < -0.3 is 10.1 Å². The van der Waals surface area contributed by atoms with Gasteiger partial charge in [-0.1, -0.05) is 18.2 Å². The molecular weight excluding hydrogens is 430 g/mol. The van der Waals surface area contributed by atoms with Crippen molar-refractivity contribution in [3.8, 4) is 16.9 Å². The Hall–Kier alpha value is -3.27. The maximum absolute atomic E-state index is 14.8. The van der Waals surface area contributed by atoms with Crippen molar-refractivity contribution in [3.63, 3.8) is 0 Å². The minimum Gasteiger partial charge on any atom is -0.496 e. The van der Waals surface area contributed by atoms with Gasteiger partial charge in [0.1, 0.15) is 23.1 Å². The molecule has 0 aromatic heterocycles. The molecule has 2 amide bonds. The summed E-state index contributed by atoms with van der Waals surface area (Å²) in [4.78, 5) is 24.8. The highest BCUT2D eigenvalue weighted by Crippen LogP contribution is 2.34. The highest BCUT2D eigenvalue weighted by molar-refractivity contribution is 7.89. The Morgan fingerprint density at radius 1 is 1.06 bits per heavy atom. The minimum absolute atomic E-state index is 0.0267. The zero-order valence-corrected chi connectivity index (χ0v) is 17.1. The Morgan fingerprint density at radius 2 is 1.68 bits per heavy atom. The molecule has 1 aliphatic carbocycles. The van der Waals surface area contributed by atoms with E-state index in [4.69, 9.17) is 8.85 Å². The molecule has 0 atom stereocenters. The van der Waals surface area contributed by atoms with Crippen LogP contribution in [-0.4, -0.2) is 33.5 Å². The molecule has 2 aromatic rings. The molecule has 0 aliphatic heterocycles. The van der Waals surface area contributed by atoms with Crippen LogP contribution < -0.4 is 14.8 Å². The molecule has 31 heavy (non-hydrogen) atoms. The number of para-hydroxylation sites is 1. The summed E-state index contributed by atoms with van der Waals surface area (Å²) >= 11 is 0. The van der Waals surface area contributed by atoms with Gasteiger partial charge in [0.2, 0.25) is 10.0 Å². The number of carbonyl (C=O) groups excluding carboxylic acids is 2. The van der Waals surface area contributed by atoms with E-state index >= 15 is 0 Å². The fourth-order valence-corrected chi connectivity index (χ4v) is 3.77. The lowest BCUT2D eigenvalue weighted by atomic mass is 10.0. The van der Waals surface area contributed by atoms with Crippen LogP contribution in [0.1, 0.15) is 23.4 Å². The van der Waals surface area contributed by atoms with E-state index in [1.54, 1.807) is 4.72 Å². The lowest BCUT2D eigenvalue weighted by Crippen LogP contribution is -2.31. The molecular formula is C21H20F2N2O5S. The van der Waals surface area contributed by atoms with Crippen molar-refractivity contribution >= 4 is 27.5 Å². The Kier molecular flexibility index (Phi) is 5.28. The van der Waals surface area contributed by atoms with Crippen molar-refractivity contribution in [2.75, 3.05) is 18.6 Å². The van der Waals surface area contributed by atoms with Gasteiger partial charge in [0, 0.05) is 16.7 Å². The number of nitrogens with one attached hydrogen (secondary N) is 2. The molecule has 0 heterocycles. The van der Waals surface area contributed by atoms with Crippen LogP contribution in [0.15, 0.2) is 47.5 Å². The first-order valence-corrected chi connectivity index (χ1v) is 11.0. The molecule has 1 aliphatic rings. The molecule has 0 fully saturated rings. The number of halogens is 2. The molecule has 3 rings (SSSR count). The number of amides is 2. The molecule has 0 saturated heterocycles. The second-order valence-electron chi connectivity index (χ2n) is 6.88. The fourth-order valence-electron chi connectivity index (χ4n) is 3.31. The highest BCUT2D eigenvalue weighted by Gasteiger charge is 2.28. The summed E-state index contributed by atoms with van der Waals surface area (Å²) in [6, 6.07) is 7.59. The first kappa shape index (κ1) is 18.5. The summed E-state index contributed by atoms with van der Waals surface area (Å²) < 4.78 is 80.7. The SMILES string of the molecule is [2H]C([2H])([2H])Oc1ccccc1-c1cc(F)c(NC(=O)C2=C(C(=O)NS(C)(=O)=O)CCC2)c(F)c1. The number of methoxy groups -OCH3 is 1. The number of ether oxygens (including phenoxy) is 1. The quantitative estimate of drug-likeness (QED) is 0.700. The molecule has 0 unspecified atom stereocenters. The number of sulfonamides is 1. The van der Waals surface area contributed by atoms with E-state index in [9.17, 15) is 26.8 Å². The van der Waals surface area contributed by atoms with Crippen molar-refractivity contribution in [3.05, 3.63) is 59.2 Å². The Labute approximate surface area is 182 Å². The van der Waals surface area contributed by atoms with Gasteiger partial charge in [-0.25, -0.2) is 21.9 Å². The molecule has 2 aromatic carbocycles. The monoisotopic (exact) mass is 453 g/mol. The van der Waals surface area contributed by atoms with Crippen LogP contribution >= 0.6 is 0 Å². The number of hydrogen-bond acceptors (Lipinski definition) is 5. The summed E-state index contributed by atoms with van der Waals surface area (Å²) in [5, 5.41) is 2.10. The van der Waals surface area contributed by atoms with Crippen LogP contribution in [0, 0.1) is 11.6 Å². The van der Waals surface area contributed by atoms with Crippen molar-refractivity contribution in [1.82, 2.24) is 4.72 Å². The standard InChI is InChI=1S/C21H20F2N2O5S/c1-30-18-9-4-3-6-13(18)12-10-16(22)19(17(23)11-12)24-20(26)14-7-5-8-15(14)21(27)25-31(2,28)29/h3-4,6,9-11H,5,7-8H2,1-2H3,(H,24,26)(H,25,27)/i1D3. The first-order valence-electron chi connectivity index (χ1n) is 10.6.